The predicted octanol–water partition coefficient (Wildman–Crippen LogP) is 3.82. The van der Waals surface area contributed by atoms with Crippen LogP contribution in [0.2, 0.25) is 0 Å². The molecule has 2 aromatic carbocycles. The Hall–Kier alpha value is -3.67. The van der Waals surface area contributed by atoms with Crippen molar-refractivity contribution >= 4 is 23.6 Å². The van der Waals surface area contributed by atoms with Gasteiger partial charge in [0.2, 0.25) is 11.8 Å². The molecular weight excluding hydrogens is 388 g/mol. The van der Waals surface area contributed by atoms with Gasteiger partial charge in [-0.1, -0.05) is 42.5 Å². The first kappa shape index (κ1) is 20.6. The van der Waals surface area contributed by atoms with E-state index in [4.69, 9.17) is 0 Å². The number of anilines is 1. The van der Waals surface area contributed by atoms with Gasteiger partial charge in [0, 0.05) is 49.7 Å². The highest BCUT2D eigenvalue weighted by Gasteiger charge is 2.26. The van der Waals surface area contributed by atoms with Crippen LogP contribution in [-0.4, -0.2) is 39.4 Å². The monoisotopic (exact) mass is 414 g/mol. The van der Waals surface area contributed by atoms with Crippen LogP contribution in [0.25, 0.3) is 6.08 Å². The van der Waals surface area contributed by atoms with Crippen molar-refractivity contribution in [1.29, 1.82) is 0 Å². The third kappa shape index (κ3) is 5.69. The molecule has 0 spiro atoms. The Kier molecular flexibility index (Phi) is 6.57. The number of benzene rings is 2. The minimum atomic E-state index is -0.0838. The smallest absolute Gasteiger partial charge is 0.246 e. The topological polar surface area (TPSA) is 67.2 Å². The fraction of sp³-hybridized carbons (Fsp3) is 0.240. The SMILES string of the molecule is O=C(Nc1cccc(Cn2ccnc2)c1)C1CCN(C(=O)/C=C/c2ccccc2)CC1. The molecule has 1 N–H and O–H groups in total. The Balaban J connectivity index is 1.27. The third-order valence-corrected chi connectivity index (χ3v) is 5.51. The number of piperidine rings is 1. The summed E-state index contributed by atoms with van der Waals surface area (Å²) in [5.74, 6) is -0.0684. The molecular formula is C25H26N4O2. The summed E-state index contributed by atoms with van der Waals surface area (Å²) in [5, 5.41) is 3.04. The maximum absolute atomic E-state index is 12.7. The maximum Gasteiger partial charge on any atom is 0.246 e. The Labute approximate surface area is 182 Å². The highest BCUT2D eigenvalue weighted by atomic mass is 16.2. The molecule has 1 saturated heterocycles. The van der Waals surface area contributed by atoms with Gasteiger partial charge in [-0.3, -0.25) is 9.59 Å². The number of amides is 2. The molecule has 0 saturated carbocycles. The molecule has 4 rings (SSSR count). The second-order valence-electron chi connectivity index (χ2n) is 7.77. The van der Waals surface area contributed by atoms with Crippen LogP contribution in [0, 0.1) is 5.92 Å². The summed E-state index contributed by atoms with van der Waals surface area (Å²) in [4.78, 5) is 31.0. The normalized spacial score (nSPS) is 14.6. The van der Waals surface area contributed by atoms with E-state index < -0.39 is 0 Å². The van der Waals surface area contributed by atoms with E-state index in [0.29, 0.717) is 32.5 Å². The molecule has 0 radical (unpaired) electrons. The van der Waals surface area contributed by atoms with Crippen LogP contribution in [0.1, 0.15) is 24.0 Å². The largest absolute Gasteiger partial charge is 0.339 e. The van der Waals surface area contributed by atoms with E-state index in [0.717, 1.165) is 16.8 Å². The summed E-state index contributed by atoms with van der Waals surface area (Å²) < 4.78 is 1.99. The fourth-order valence-electron chi connectivity index (χ4n) is 3.78. The lowest BCUT2D eigenvalue weighted by atomic mass is 9.95. The van der Waals surface area contributed by atoms with Crippen molar-refractivity contribution in [2.45, 2.75) is 19.4 Å². The number of aromatic nitrogens is 2. The molecule has 31 heavy (non-hydrogen) atoms. The molecule has 158 valence electrons. The lowest BCUT2D eigenvalue weighted by Gasteiger charge is -2.30. The zero-order chi connectivity index (χ0) is 21.5. The molecule has 1 aromatic heterocycles. The Morgan fingerprint density at radius 1 is 1.06 bits per heavy atom. The minimum Gasteiger partial charge on any atom is -0.339 e. The lowest BCUT2D eigenvalue weighted by molar-refractivity contribution is -0.130. The van der Waals surface area contributed by atoms with Gasteiger partial charge in [0.25, 0.3) is 0 Å². The van der Waals surface area contributed by atoms with E-state index in [-0.39, 0.29) is 17.7 Å². The van der Waals surface area contributed by atoms with Crippen LogP contribution < -0.4 is 5.32 Å². The molecule has 6 heteroatoms. The third-order valence-electron chi connectivity index (χ3n) is 5.51. The number of hydrogen-bond donors (Lipinski definition) is 1. The van der Waals surface area contributed by atoms with Crippen LogP contribution >= 0.6 is 0 Å². The molecule has 0 unspecified atom stereocenters. The Morgan fingerprint density at radius 2 is 1.87 bits per heavy atom. The first-order chi connectivity index (χ1) is 15.2. The quantitative estimate of drug-likeness (QED) is 0.624. The second kappa shape index (κ2) is 9.89. The number of nitrogens with one attached hydrogen (secondary N) is 1. The van der Waals surface area contributed by atoms with Crippen LogP contribution in [0.4, 0.5) is 5.69 Å². The minimum absolute atomic E-state index is 0.00471. The Morgan fingerprint density at radius 3 is 2.61 bits per heavy atom. The highest BCUT2D eigenvalue weighted by Crippen LogP contribution is 2.21. The van der Waals surface area contributed by atoms with E-state index in [1.165, 1.54) is 0 Å². The molecule has 0 atom stereocenters. The van der Waals surface area contributed by atoms with Crippen LogP contribution in [0.3, 0.4) is 0 Å². The van der Waals surface area contributed by atoms with Gasteiger partial charge in [-0.2, -0.15) is 0 Å². The van der Waals surface area contributed by atoms with E-state index in [9.17, 15) is 9.59 Å². The van der Waals surface area contributed by atoms with Gasteiger partial charge in [-0.25, -0.2) is 4.98 Å². The van der Waals surface area contributed by atoms with Gasteiger partial charge in [-0.15, -0.1) is 0 Å². The van der Waals surface area contributed by atoms with Crippen molar-refractivity contribution in [2.75, 3.05) is 18.4 Å². The van der Waals surface area contributed by atoms with Crippen LogP contribution in [0.5, 0.6) is 0 Å². The predicted molar refractivity (Wildman–Crippen MR) is 121 cm³/mol. The second-order valence-corrected chi connectivity index (χ2v) is 7.77. The number of hydrogen-bond acceptors (Lipinski definition) is 3. The number of nitrogens with zero attached hydrogens (tertiary/aromatic N) is 3. The summed E-state index contributed by atoms with van der Waals surface area (Å²) >= 11 is 0. The van der Waals surface area contributed by atoms with Gasteiger partial charge < -0.3 is 14.8 Å². The van der Waals surface area contributed by atoms with E-state index >= 15 is 0 Å². The van der Waals surface area contributed by atoms with Gasteiger partial charge >= 0.3 is 0 Å². The molecule has 2 heterocycles. The molecule has 3 aromatic rings. The molecule has 2 amide bonds. The standard InChI is InChI=1S/C25H26N4O2/c30-24(10-9-20-5-2-1-3-6-20)29-14-11-22(12-15-29)25(31)27-23-8-4-7-21(17-23)18-28-16-13-26-19-28/h1-10,13,16-17,19,22H,11-12,14-15,18H2,(H,27,31)/b10-9+. The summed E-state index contributed by atoms with van der Waals surface area (Å²) in [6.07, 6.45) is 10.2. The zero-order valence-corrected chi connectivity index (χ0v) is 17.4. The average molecular weight is 415 g/mol. The van der Waals surface area contributed by atoms with Crippen molar-refractivity contribution in [3.05, 3.63) is 90.5 Å². The van der Waals surface area contributed by atoms with E-state index in [1.54, 1.807) is 18.6 Å². The van der Waals surface area contributed by atoms with E-state index in [2.05, 4.69) is 10.3 Å². The zero-order valence-electron chi connectivity index (χ0n) is 17.4. The number of imidazole rings is 1. The fourth-order valence-corrected chi connectivity index (χ4v) is 3.78. The van der Waals surface area contributed by atoms with Crippen molar-refractivity contribution < 1.29 is 9.59 Å². The number of carbonyl (C=O) groups is 2. The van der Waals surface area contributed by atoms with Gasteiger partial charge in [0.05, 0.1) is 6.33 Å². The summed E-state index contributed by atoms with van der Waals surface area (Å²) in [5.41, 5.74) is 2.90. The number of likely N-dealkylation sites (tertiary alicyclic amines) is 1. The lowest BCUT2D eigenvalue weighted by Crippen LogP contribution is -2.40. The first-order valence-electron chi connectivity index (χ1n) is 10.5. The van der Waals surface area contributed by atoms with Crippen LogP contribution in [0.15, 0.2) is 79.4 Å². The number of rotatable bonds is 6. The van der Waals surface area contributed by atoms with Gasteiger partial charge in [0.15, 0.2) is 0 Å². The summed E-state index contributed by atoms with van der Waals surface area (Å²) in [6.45, 7) is 1.90. The van der Waals surface area contributed by atoms with Gasteiger partial charge in [-0.05, 0) is 42.2 Å². The summed E-state index contributed by atoms with van der Waals surface area (Å²) in [7, 11) is 0. The molecule has 1 aliphatic rings. The summed E-state index contributed by atoms with van der Waals surface area (Å²) in [6, 6.07) is 17.6. The average Bonchev–Trinajstić information content (AvgIpc) is 3.31. The molecule has 0 bridgehead atoms. The highest BCUT2D eigenvalue weighted by molar-refractivity contribution is 5.94. The first-order valence-corrected chi connectivity index (χ1v) is 10.5. The molecule has 1 fully saturated rings. The number of carbonyl (C=O) groups excluding carboxylic acids is 2. The van der Waals surface area contributed by atoms with Crippen molar-refractivity contribution in [1.82, 2.24) is 14.5 Å². The Bertz CT molecular complexity index is 1040. The van der Waals surface area contributed by atoms with Crippen molar-refractivity contribution in [2.24, 2.45) is 5.92 Å². The maximum atomic E-state index is 12.7. The molecule has 1 aliphatic heterocycles. The van der Waals surface area contributed by atoms with Crippen LogP contribution in [-0.2, 0) is 16.1 Å². The van der Waals surface area contributed by atoms with Crippen molar-refractivity contribution in [3.8, 4) is 0 Å². The molecule has 6 nitrogen and oxygen atoms in total. The van der Waals surface area contributed by atoms with E-state index in [1.807, 2.05) is 76.3 Å². The molecule has 0 aliphatic carbocycles. The van der Waals surface area contributed by atoms with Gasteiger partial charge in [0.1, 0.15) is 0 Å². The van der Waals surface area contributed by atoms with Crippen molar-refractivity contribution in [3.63, 3.8) is 0 Å².